The molecule has 0 fully saturated rings. The van der Waals surface area contributed by atoms with Crippen molar-refractivity contribution >= 4 is 17.7 Å². The molecule has 3 N–H and O–H groups in total. The van der Waals surface area contributed by atoms with Crippen molar-refractivity contribution in [2.75, 3.05) is 5.75 Å². The summed E-state index contributed by atoms with van der Waals surface area (Å²) in [6.07, 6.45) is 13.3. The average molecular weight is 318 g/mol. The summed E-state index contributed by atoms with van der Waals surface area (Å²) in [6, 6.07) is -0.786. The van der Waals surface area contributed by atoms with Crippen LogP contribution in [0.5, 0.6) is 0 Å². The zero-order valence-electron chi connectivity index (χ0n) is 14.2. The van der Waals surface area contributed by atoms with Crippen molar-refractivity contribution in [1.82, 2.24) is 0 Å². The van der Waals surface area contributed by atoms with Gasteiger partial charge in [-0.3, -0.25) is 4.79 Å². The van der Waals surface area contributed by atoms with Crippen molar-refractivity contribution in [1.29, 1.82) is 0 Å². The van der Waals surface area contributed by atoms with Gasteiger partial charge in [-0.2, -0.15) is 11.8 Å². The molecule has 3 nitrogen and oxygen atoms in total. The van der Waals surface area contributed by atoms with E-state index in [0.29, 0.717) is 0 Å². The number of aliphatic carboxylic acids is 1. The van der Waals surface area contributed by atoms with Crippen LogP contribution < -0.4 is 5.73 Å². The molecule has 21 heavy (non-hydrogen) atoms. The summed E-state index contributed by atoms with van der Waals surface area (Å²) in [5.74, 6) is 0.0976. The zero-order valence-corrected chi connectivity index (χ0v) is 15.0. The van der Waals surface area contributed by atoms with Gasteiger partial charge in [-0.25, -0.2) is 0 Å². The van der Waals surface area contributed by atoms with E-state index < -0.39 is 12.0 Å². The lowest BCUT2D eigenvalue weighted by atomic mass is 10.1. The fraction of sp³-hybridized carbons (Fsp3) is 0.941. The van der Waals surface area contributed by atoms with Crippen LogP contribution in [0, 0.1) is 0 Å². The molecule has 0 spiro atoms. The van der Waals surface area contributed by atoms with Crippen LogP contribution in [0.2, 0.25) is 0 Å². The molecule has 0 unspecified atom stereocenters. The maximum Gasteiger partial charge on any atom is 0.321 e. The molecule has 0 heterocycles. The number of carbonyl (C=O) groups is 1. The summed E-state index contributed by atoms with van der Waals surface area (Å²) < 4.78 is -0.384. The molecule has 0 saturated carbocycles. The van der Waals surface area contributed by atoms with Gasteiger partial charge in [0.2, 0.25) is 0 Å². The van der Waals surface area contributed by atoms with Gasteiger partial charge in [0.15, 0.2) is 0 Å². The number of carboxylic acid groups (broad SMARTS) is 1. The second-order valence-corrected chi connectivity index (χ2v) is 8.20. The standard InChI is InChI=1S/C17H35NO2S/c1-4-5-6-7-8-9-10-11-12-13-14-21-17(2,3)15(18)16(19)20/h15H,4-14,18H2,1-3H3,(H,19,20)/t15-/m0/s1. The monoisotopic (exact) mass is 317 g/mol. The third kappa shape index (κ3) is 11.1. The maximum atomic E-state index is 10.9. The summed E-state index contributed by atoms with van der Waals surface area (Å²) >= 11 is 1.69. The second kappa shape index (κ2) is 12.3. The van der Waals surface area contributed by atoms with E-state index in [9.17, 15) is 4.79 Å². The molecule has 0 radical (unpaired) electrons. The number of hydrogen-bond acceptors (Lipinski definition) is 3. The molecule has 0 bridgehead atoms. The van der Waals surface area contributed by atoms with E-state index in [2.05, 4.69) is 6.92 Å². The van der Waals surface area contributed by atoms with E-state index >= 15 is 0 Å². The van der Waals surface area contributed by atoms with E-state index in [1.165, 1.54) is 57.8 Å². The number of carboxylic acids is 1. The molecule has 0 aromatic heterocycles. The van der Waals surface area contributed by atoms with Gasteiger partial charge in [0, 0.05) is 4.75 Å². The van der Waals surface area contributed by atoms with Gasteiger partial charge in [-0.15, -0.1) is 0 Å². The van der Waals surface area contributed by atoms with Crippen molar-refractivity contribution in [3.05, 3.63) is 0 Å². The van der Waals surface area contributed by atoms with Crippen molar-refractivity contribution in [3.8, 4) is 0 Å². The Hall–Kier alpha value is -0.220. The normalized spacial score (nSPS) is 13.3. The zero-order chi connectivity index (χ0) is 16.1. The molecule has 0 aromatic carbocycles. The van der Waals surface area contributed by atoms with E-state index in [4.69, 9.17) is 10.8 Å². The minimum atomic E-state index is -0.907. The Morgan fingerprint density at radius 1 is 1.00 bits per heavy atom. The number of nitrogens with two attached hydrogens (primary N) is 1. The van der Waals surface area contributed by atoms with Crippen LogP contribution in [0.4, 0.5) is 0 Å². The first-order valence-electron chi connectivity index (χ1n) is 8.54. The highest BCUT2D eigenvalue weighted by Gasteiger charge is 2.32. The average Bonchev–Trinajstić information content (AvgIpc) is 2.43. The van der Waals surface area contributed by atoms with Gasteiger partial charge >= 0.3 is 5.97 Å². The Bertz CT molecular complexity index is 270. The van der Waals surface area contributed by atoms with Gasteiger partial charge in [-0.1, -0.05) is 64.7 Å². The summed E-state index contributed by atoms with van der Waals surface area (Å²) in [5.41, 5.74) is 5.70. The van der Waals surface area contributed by atoms with Crippen molar-refractivity contribution < 1.29 is 9.90 Å². The predicted molar refractivity (Wildman–Crippen MR) is 94.0 cm³/mol. The quantitative estimate of drug-likeness (QED) is 0.450. The number of hydrogen-bond donors (Lipinski definition) is 2. The van der Waals surface area contributed by atoms with E-state index in [1.807, 2.05) is 13.8 Å². The Labute approximate surface area is 135 Å². The Kier molecular flexibility index (Phi) is 12.2. The van der Waals surface area contributed by atoms with Gasteiger partial charge in [-0.05, 0) is 26.0 Å². The molecule has 0 amide bonds. The largest absolute Gasteiger partial charge is 0.480 e. The second-order valence-electron chi connectivity index (χ2n) is 6.45. The van der Waals surface area contributed by atoms with Crippen molar-refractivity contribution in [2.24, 2.45) is 5.73 Å². The minimum Gasteiger partial charge on any atom is -0.480 e. The maximum absolute atomic E-state index is 10.9. The SMILES string of the molecule is CCCCCCCCCCCCSC(C)(C)[C@@H](N)C(=O)O. The first kappa shape index (κ1) is 20.8. The fourth-order valence-corrected chi connectivity index (χ4v) is 3.47. The Morgan fingerprint density at radius 2 is 1.43 bits per heavy atom. The molecule has 4 heteroatoms. The summed E-state index contributed by atoms with van der Waals surface area (Å²) in [4.78, 5) is 10.9. The van der Waals surface area contributed by atoms with Crippen molar-refractivity contribution in [2.45, 2.75) is 95.8 Å². The molecular weight excluding hydrogens is 282 g/mol. The smallest absolute Gasteiger partial charge is 0.321 e. The lowest BCUT2D eigenvalue weighted by Gasteiger charge is -2.27. The highest BCUT2D eigenvalue weighted by atomic mass is 32.2. The van der Waals surface area contributed by atoms with Crippen LogP contribution in [0.1, 0.15) is 85.0 Å². The molecule has 0 saturated heterocycles. The number of unbranched alkanes of at least 4 members (excludes halogenated alkanes) is 9. The van der Waals surface area contributed by atoms with Gasteiger partial charge < -0.3 is 10.8 Å². The van der Waals surface area contributed by atoms with Gasteiger partial charge in [0.1, 0.15) is 6.04 Å². The highest BCUT2D eigenvalue weighted by Crippen LogP contribution is 2.28. The number of thioether (sulfide) groups is 1. The van der Waals surface area contributed by atoms with Crippen LogP contribution in [-0.4, -0.2) is 27.6 Å². The van der Waals surface area contributed by atoms with E-state index in [0.717, 1.165) is 12.2 Å². The van der Waals surface area contributed by atoms with Crippen LogP contribution in [0.15, 0.2) is 0 Å². The van der Waals surface area contributed by atoms with E-state index in [-0.39, 0.29) is 4.75 Å². The van der Waals surface area contributed by atoms with Crippen LogP contribution in [0.3, 0.4) is 0 Å². The molecular formula is C17H35NO2S. The summed E-state index contributed by atoms with van der Waals surface area (Å²) in [5, 5.41) is 8.96. The molecule has 0 aliphatic carbocycles. The minimum absolute atomic E-state index is 0.384. The molecule has 1 atom stereocenters. The molecule has 126 valence electrons. The first-order chi connectivity index (χ1) is 9.91. The summed E-state index contributed by atoms with van der Waals surface area (Å²) in [6.45, 7) is 6.10. The molecule has 0 rings (SSSR count). The first-order valence-corrected chi connectivity index (χ1v) is 9.52. The Balaban J connectivity index is 3.42. The summed E-state index contributed by atoms with van der Waals surface area (Å²) in [7, 11) is 0. The third-order valence-electron chi connectivity index (χ3n) is 3.99. The van der Waals surface area contributed by atoms with Crippen LogP contribution >= 0.6 is 11.8 Å². The lowest BCUT2D eigenvalue weighted by Crippen LogP contribution is -2.46. The van der Waals surface area contributed by atoms with Crippen LogP contribution in [0.25, 0.3) is 0 Å². The van der Waals surface area contributed by atoms with Gasteiger partial charge in [0.05, 0.1) is 0 Å². The van der Waals surface area contributed by atoms with Crippen molar-refractivity contribution in [3.63, 3.8) is 0 Å². The molecule has 0 aliphatic rings. The Morgan fingerprint density at radius 3 is 1.86 bits per heavy atom. The van der Waals surface area contributed by atoms with Gasteiger partial charge in [0.25, 0.3) is 0 Å². The lowest BCUT2D eigenvalue weighted by molar-refractivity contribution is -0.139. The number of rotatable bonds is 14. The fourth-order valence-electron chi connectivity index (χ4n) is 2.31. The third-order valence-corrected chi connectivity index (χ3v) is 5.48. The molecule has 0 aromatic rings. The predicted octanol–water partition coefficient (Wildman–Crippen LogP) is 4.83. The highest BCUT2D eigenvalue weighted by molar-refractivity contribution is 8.00. The van der Waals surface area contributed by atoms with E-state index in [1.54, 1.807) is 11.8 Å². The topological polar surface area (TPSA) is 63.3 Å². The van der Waals surface area contributed by atoms with Crippen LogP contribution in [-0.2, 0) is 4.79 Å². The molecule has 0 aliphatic heterocycles.